The van der Waals surface area contributed by atoms with E-state index in [0.29, 0.717) is 25.7 Å². The number of aliphatic hydroxyl groups excluding tert-OH is 1. The number of phosphoric ester groups is 2. The maximum atomic E-state index is 13.2. The van der Waals surface area contributed by atoms with Gasteiger partial charge in [-0.05, 0) is 49.4 Å². The molecule has 7 atom stereocenters. The zero-order valence-corrected chi connectivity index (χ0v) is 73.3. The second-order valence-electron chi connectivity index (χ2n) is 33.4. The molecule has 3 N–H and O–H groups in total. The van der Waals surface area contributed by atoms with Gasteiger partial charge < -0.3 is 33.8 Å². The minimum atomic E-state index is -4.97. The van der Waals surface area contributed by atoms with Gasteiger partial charge >= 0.3 is 39.5 Å². The van der Waals surface area contributed by atoms with Gasteiger partial charge in [0.1, 0.15) is 19.3 Å². The fourth-order valence-electron chi connectivity index (χ4n) is 13.8. The Bertz CT molecular complexity index is 2100. The summed E-state index contributed by atoms with van der Waals surface area (Å²) in [5.74, 6) is 1.10. The second kappa shape index (κ2) is 77.6. The first kappa shape index (κ1) is 106. The van der Waals surface area contributed by atoms with E-state index < -0.39 is 97.5 Å². The Balaban J connectivity index is 5.18. The summed E-state index contributed by atoms with van der Waals surface area (Å²) in [6.45, 7) is 14.4. The van der Waals surface area contributed by atoms with Crippen molar-refractivity contribution < 1.29 is 80.2 Å². The first-order valence-corrected chi connectivity index (χ1v) is 48.8. The van der Waals surface area contributed by atoms with E-state index in [2.05, 4.69) is 55.4 Å². The minimum Gasteiger partial charge on any atom is -0.462 e. The molecule has 642 valence electrons. The molecule has 19 heteroatoms. The zero-order chi connectivity index (χ0) is 79.5. The quantitative estimate of drug-likeness (QED) is 0.0222. The third-order valence-electron chi connectivity index (χ3n) is 21.5. The van der Waals surface area contributed by atoms with E-state index in [1.807, 2.05) is 0 Å². The molecule has 0 amide bonds. The highest BCUT2D eigenvalue weighted by Gasteiger charge is 2.31. The van der Waals surface area contributed by atoms with Crippen molar-refractivity contribution in [2.45, 2.75) is 485 Å². The van der Waals surface area contributed by atoms with Crippen molar-refractivity contribution in [2.75, 3.05) is 39.6 Å². The molecule has 0 radical (unpaired) electrons. The van der Waals surface area contributed by atoms with E-state index in [1.165, 1.54) is 263 Å². The molecule has 0 aromatic carbocycles. The van der Waals surface area contributed by atoms with Gasteiger partial charge in [-0.25, -0.2) is 9.13 Å². The lowest BCUT2D eigenvalue weighted by Gasteiger charge is -2.21. The lowest BCUT2D eigenvalue weighted by molar-refractivity contribution is -0.161. The monoisotopic (exact) mass is 1580 g/mol. The van der Waals surface area contributed by atoms with Crippen molar-refractivity contribution in [3.63, 3.8) is 0 Å². The van der Waals surface area contributed by atoms with Crippen LogP contribution in [-0.2, 0) is 65.4 Å². The summed E-state index contributed by atoms with van der Waals surface area (Å²) in [5.41, 5.74) is 0. The fraction of sp³-hybridized carbons (Fsp3) is 0.955. The number of aliphatic hydroxyl groups is 1. The van der Waals surface area contributed by atoms with Crippen LogP contribution in [0.25, 0.3) is 0 Å². The number of ether oxygens (including phenoxy) is 4. The predicted octanol–water partition coefficient (Wildman–Crippen LogP) is 27.1. The molecule has 0 heterocycles. The zero-order valence-electron chi connectivity index (χ0n) is 71.5. The van der Waals surface area contributed by atoms with Crippen molar-refractivity contribution in [1.82, 2.24) is 0 Å². The van der Waals surface area contributed by atoms with E-state index in [-0.39, 0.29) is 25.7 Å². The Morgan fingerprint density at radius 1 is 0.259 bits per heavy atom. The van der Waals surface area contributed by atoms with Crippen LogP contribution in [0.4, 0.5) is 0 Å². The molecule has 0 saturated carbocycles. The molecule has 0 saturated heterocycles. The van der Waals surface area contributed by atoms with Crippen molar-refractivity contribution in [3.8, 4) is 0 Å². The first-order valence-electron chi connectivity index (χ1n) is 45.8. The lowest BCUT2D eigenvalue weighted by Crippen LogP contribution is -2.30. The molecule has 108 heavy (non-hydrogen) atoms. The van der Waals surface area contributed by atoms with Gasteiger partial charge in [-0.3, -0.25) is 37.3 Å². The van der Waals surface area contributed by atoms with Crippen molar-refractivity contribution >= 4 is 39.5 Å². The number of carbonyl (C=O) groups is 4. The summed E-state index contributed by atoms with van der Waals surface area (Å²) in [4.78, 5) is 73.3. The number of unbranched alkanes of at least 4 members (excludes halogenated alkanes) is 50. The average Bonchev–Trinajstić information content (AvgIpc) is 0.900. The van der Waals surface area contributed by atoms with E-state index in [1.54, 1.807) is 0 Å². The maximum absolute atomic E-state index is 13.2. The Kier molecular flexibility index (Phi) is 76.2. The van der Waals surface area contributed by atoms with Crippen LogP contribution in [0.2, 0.25) is 0 Å². The minimum absolute atomic E-state index is 0.107. The highest BCUT2D eigenvalue weighted by molar-refractivity contribution is 7.47. The molecule has 0 bridgehead atoms. The van der Waals surface area contributed by atoms with Crippen LogP contribution < -0.4 is 0 Å². The van der Waals surface area contributed by atoms with Gasteiger partial charge in [-0.15, -0.1) is 0 Å². The summed E-state index contributed by atoms with van der Waals surface area (Å²) in [6.07, 6.45) is 68.2. The largest absolute Gasteiger partial charge is 0.472 e. The Hall–Kier alpha value is -1.94. The molecular formula is C89H174O17P2. The molecule has 0 rings (SSSR count). The van der Waals surface area contributed by atoms with Crippen molar-refractivity contribution in [2.24, 2.45) is 23.7 Å². The van der Waals surface area contributed by atoms with Crippen LogP contribution in [-0.4, -0.2) is 96.7 Å². The molecule has 0 aliphatic rings. The Morgan fingerprint density at radius 2 is 0.444 bits per heavy atom. The number of hydrogen-bond donors (Lipinski definition) is 3. The molecule has 0 aliphatic carbocycles. The van der Waals surface area contributed by atoms with E-state index in [4.69, 9.17) is 37.0 Å². The van der Waals surface area contributed by atoms with Crippen LogP contribution in [0, 0.1) is 23.7 Å². The Morgan fingerprint density at radius 3 is 0.657 bits per heavy atom. The summed E-state index contributed by atoms with van der Waals surface area (Å²) < 4.78 is 69.0. The second-order valence-corrected chi connectivity index (χ2v) is 36.3. The molecule has 0 fully saturated rings. The van der Waals surface area contributed by atoms with Crippen LogP contribution in [0.3, 0.4) is 0 Å². The smallest absolute Gasteiger partial charge is 0.462 e. The molecular weight excluding hydrogens is 1400 g/mol. The van der Waals surface area contributed by atoms with Gasteiger partial charge in [0.25, 0.3) is 0 Å². The standard InChI is InChI=1S/C89H174O17P2/c1-9-81(7)67-59-51-43-37-31-24-20-16-12-14-18-22-26-33-39-45-55-63-71-89(94)106-85(76-100-87(92)70-62-54-48-47-52-60-68-82(8)10-2)78-104-108(97,98)102-74-83(90)73-101-107(95,96)103-77-84(105-88(93)72-64-56-46-40-34-28-27-30-36-42-50-58-66-80(5)6)75-99-86(91)69-61-53-44-38-32-25-21-17-13-11-15-19-23-29-35-41-49-57-65-79(3)4/h79-85,90H,9-78H2,1-8H3,(H,95,96)(H,97,98)/t81?,82?,83-,84-,85-/m1/s1. The third-order valence-corrected chi connectivity index (χ3v) is 23.4. The maximum Gasteiger partial charge on any atom is 0.472 e. The van der Waals surface area contributed by atoms with Gasteiger partial charge in [0, 0.05) is 25.7 Å². The fourth-order valence-corrected chi connectivity index (χ4v) is 15.4. The van der Waals surface area contributed by atoms with Crippen LogP contribution >= 0.6 is 15.6 Å². The van der Waals surface area contributed by atoms with Gasteiger partial charge in [0.05, 0.1) is 26.4 Å². The highest BCUT2D eigenvalue weighted by atomic mass is 31.2. The molecule has 4 unspecified atom stereocenters. The summed E-state index contributed by atoms with van der Waals surface area (Å²) in [7, 11) is -9.93. The van der Waals surface area contributed by atoms with Crippen molar-refractivity contribution in [1.29, 1.82) is 0 Å². The normalized spacial score (nSPS) is 14.4. The summed E-state index contributed by atoms with van der Waals surface area (Å²) >= 11 is 0. The predicted molar refractivity (Wildman–Crippen MR) is 446 cm³/mol. The highest BCUT2D eigenvalue weighted by Crippen LogP contribution is 2.45. The van der Waals surface area contributed by atoms with Crippen LogP contribution in [0.15, 0.2) is 0 Å². The third kappa shape index (κ3) is 79.3. The molecule has 0 aliphatic heterocycles. The number of phosphoric acid groups is 2. The topological polar surface area (TPSA) is 237 Å². The average molecular weight is 1580 g/mol. The molecule has 0 aromatic rings. The van der Waals surface area contributed by atoms with Gasteiger partial charge in [-0.1, -0.05) is 415 Å². The van der Waals surface area contributed by atoms with E-state index in [0.717, 1.165) is 120 Å². The SMILES string of the molecule is CCC(C)CCCCCCCCCCCCCCCCCCCCC(=O)O[C@H](COC(=O)CCCCCCCCC(C)CC)COP(=O)(O)OC[C@H](O)COP(=O)(O)OC[C@@H](COC(=O)CCCCCCCCCCCCCCCCCCCCC(C)C)OC(=O)CCCCCCCCCCCCCCC(C)C. The molecule has 17 nitrogen and oxygen atoms in total. The number of esters is 4. The summed E-state index contributed by atoms with van der Waals surface area (Å²) in [5, 5.41) is 10.7. The van der Waals surface area contributed by atoms with Crippen LogP contribution in [0.5, 0.6) is 0 Å². The lowest BCUT2D eigenvalue weighted by atomic mass is 9.99. The van der Waals surface area contributed by atoms with Gasteiger partial charge in [0.2, 0.25) is 0 Å². The number of hydrogen-bond acceptors (Lipinski definition) is 15. The van der Waals surface area contributed by atoms with Gasteiger partial charge in [0.15, 0.2) is 12.2 Å². The Labute approximate surface area is 664 Å². The van der Waals surface area contributed by atoms with Crippen molar-refractivity contribution in [3.05, 3.63) is 0 Å². The molecule has 0 aromatic heterocycles. The van der Waals surface area contributed by atoms with Gasteiger partial charge in [-0.2, -0.15) is 0 Å². The van der Waals surface area contributed by atoms with E-state index >= 15 is 0 Å². The van der Waals surface area contributed by atoms with E-state index in [9.17, 15) is 43.2 Å². The number of carbonyl (C=O) groups excluding carboxylic acids is 4. The number of rotatable bonds is 86. The van der Waals surface area contributed by atoms with Crippen LogP contribution in [0.1, 0.15) is 466 Å². The summed E-state index contributed by atoms with van der Waals surface area (Å²) in [6, 6.07) is 0. The first-order chi connectivity index (χ1) is 52.2. The molecule has 0 spiro atoms.